The first kappa shape index (κ1) is 40.2. The van der Waals surface area contributed by atoms with Crippen LogP contribution in [0, 0.1) is 0 Å². The number of hydrogen-bond donors (Lipinski definition) is 12. The van der Waals surface area contributed by atoms with Crippen LogP contribution in [0.2, 0.25) is 0 Å². The molecular weight excluding hydrogens is 773 g/mol. The van der Waals surface area contributed by atoms with Crippen LogP contribution < -0.4 is 0 Å². The predicted octanol–water partition coefficient (Wildman–Crippen LogP) is 8.86. The smallest absolute Gasteiger partial charge is 0.119 e. The van der Waals surface area contributed by atoms with Crippen molar-refractivity contribution in [3.8, 4) is 46.0 Å². The summed E-state index contributed by atoms with van der Waals surface area (Å²) in [6.07, 6.45) is 1.12. The van der Waals surface area contributed by atoms with Gasteiger partial charge in [0.05, 0.1) is 16.2 Å². The van der Waals surface area contributed by atoms with Crippen LogP contribution in [0.3, 0.4) is 0 Å². The fraction of sp³-hybridized carbons (Fsp3) is 0.184. The Morgan fingerprint density at radius 1 is 0.344 bits per heavy atom. The summed E-state index contributed by atoms with van der Waals surface area (Å²) in [4.78, 5) is 14.4. The number of aryl methyl sites for hydroxylation is 1. The Labute approximate surface area is 351 Å². The number of hydrogen-bond acceptors (Lipinski definition) is 8. The van der Waals surface area contributed by atoms with Gasteiger partial charge in [-0.3, -0.25) is 0 Å². The minimum Gasteiger partial charge on any atom is -0.508 e. The van der Waals surface area contributed by atoms with Crippen molar-refractivity contribution in [2.45, 2.75) is 56.8 Å². The summed E-state index contributed by atoms with van der Waals surface area (Å²) in [5, 5.41) is 84.8. The minimum atomic E-state index is -1.11. The normalized spacial score (nSPS) is 14.6. The van der Waals surface area contributed by atoms with E-state index in [2.05, 4.69) is 19.9 Å². The molecule has 0 bridgehead atoms. The number of rotatable bonds is 12. The van der Waals surface area contributed by atoms with Gasteiger partial charge in [-0.1, -0.05) is 6.92 Å². The predicted molar refractivity (Wildman–Crippen MR) is 231 cm³/mol. The third-order valence-corrected chi connectivity index (χ3v) is 12.3. The maximum atomic E-state index is 10.9. The van der Waals surface area contributed by atoms with Gasteiger partial charge in [0.2, 0.25) is 0 Å². The van der Waals surface area contributed by atoms with Gasteiger partial charge in [0.15, 0.2) is 0 Å². The lowest BCUT2D eigenvalue weighted by Gasteiger charge is -2.32. The zero-order valence-corrected chi connectivity index (χ0v) is 34.0. The van der Waals surface area contributed by atoms with E-state index in [9.17, 15) is 40.9 Å². The molecule has 0 radical (unpaired) electrons. The molecule has 0 saturated carbocycles. The molecular formula is C49H48N4O8. The zero-order chi connectivity index (χ0) is 43.4. The quantitative estimate of drug-likeness (QED) is 0.0569. The average Bonchev–Trinajstić information content (AvgIpc) is 4.03. The van der Waals surface area contributed by atoms with Crippen molar-refractivity contribution in [2.75, 3.05) is 0 Å². The van der Waals surface area contributed by atoms with Crippen LogP contribution in [0.4, 0.5) is 0 Å². The molecule has 12 heteroatoms. The van der Waals surface area contributed by atoms with E-state index in [1.54, 1.807) is 48.5 Å². The first-order valence-corrected chi connectivity index (χ1v) is 19.9. The largest absolute Gasteiger partial charge is 0.508 e. The SMILES string of the molecule is CCc1ccc([C@@](C)(c2cc(O)cc(O)c2)c2ccc([C@@](C)(c3cc(O)cc(O)c3)c3ccc([C@@](C)(c4cc(O)cc(O)c4)c4ccc(Cc5cc(O)cc(O)c5)[nH]4)[nH]3)[nH]2)[nH]1. The first-order chi connectivity index (χ1) is 29.0. The average molecular weight is 821 g/mol. The van der Waals surface area contributed by atoms with Crippen molar-refractivity contribution in [3.63, 3.8) is 0 Å². The van der Waals surface area contributed by atoms with E-state index in [0.717, 1.165) is 29.2 Å². The second-order valence-corrected chi connectivity index (χ2v) is 16.3. The minimum absolute atomic E-state index is 0.0590. The molecule has 0 amide bonds. The molecule has 0 fully saturated rings. The summed E-state index contributed by atoms with van der Waals surface area (Å²) in [5.74, 6) is -0.853. The van der Waals surface area contributed by atoms with Gasteiger partial charge < -0.3 is 60.8 Å². The van der Waals surface area contributed by atoms with E-state index in [4.69, 9.17) is 0 Å². The molecule has 0 aliphatic rings. The Balaban J connectivity index is 1.30. The van der Waals surface area contributed by atoms with Crippen LogP contribution in [0.1, 0.15) is 95.5 Å². The standard InChI is InChI=1S/C49H48N4O8/c1-5-31-6-8-41(50-31)47(2,28-17-35(56)24-36(57)18-28)43-10-12-45(52-43)49(4,30-21-39(60)26-40(61)22-30)46-13-11-44(53-46)48(3,29-19-37(58)25-38(59)20-29)42-9-7-32(51-42)14-27-15-33(54)23-34(55)16-27/h6-13,15-26,50-61H,5,14H2,1-4H3/t47-,48+,49-/m1/s1. The summed E-state index contributed by atoms with van der Waals surface area (Å²) in [6.45, 7) is 7.96. The van der Waals surface area contributed by atoms with Gasteiger partial charge in [-0.05, 0) is 147 Å². The molecule has 0 aliphatic heterocycles. The number of benzene rings is 4. The van der Waals surface area contributed by atoms with Crippen LogP contribution in [-0.2, 0) is 29.1 Å². The topological polar surface area (TPSA) is 225 Å². The van der Waals surface area contributed by atoms with Gasteiger partial charge >= 0.3 is 0 Å². The van der Waals surface area contributed by atoms with Crippen LogP contribution >= 0.6 is 0 Å². The first-order valence-electron chi connectivity index (χ1n) is 19.9. The number of phenolic OH excluding ortho intramolecular Hbond substituents is 8. The van der Waals surface area contributed by atoms with Crippen LogP contribution in [-0.4, -0.2) is 60.8 Å². The summed E-state index contributed by atoms with van der Waals surface area (Å²) >= 11 is 0. The Morgan fingerprint density at radius 2 is 0.607 bits per heavy atom. The maximum absolute atomic E-state index is 10.9. The summed E-state index contributed by atoms with van der Waals surface area (Å²) in [5.41, 5.74) is 5.31. The molecule has 4 aromatic carbocycles. The van der Waals surface area contributed by atoms with Gasteiger partial charge in [-0.25, -0.2) is 0 Å². The van der Waals surface area contributed by atoms with Crippen LogP contribution in [0.25, 0.3) is 0 Å². The molecule has 0 aliphatic carbocycles. The number of nitrogens with one attached hydrogen (secondary N) is 4. The number of H-pyrrole nitrogens is 4. The summed E-state index contributed by atoms with van der Waals surface area (Å²) in [6, 6.07) is 33.3. The van der Waals surface area contributed by atoms with Crippen molar-refractivity contribution in [1.82, 2.24) is 19.9 Å². The highest BCUT2D eigenvalue weighted by molar-refractivity contribution is 5.57. The maximum Gasteiger partial charge on any atom is 0.119 e. The highest BCUT2D eigenvalue weighted by Gasteiger charge is 2.41. The summed E-state index contributed by atoms with van der Waals surface area (Å²) < 4.78 is 0. The molecule has 3 atom stereocenters. The number of aromatic hydroxyl groups is 8. The molecule has 0 saturated heterocycles. The lowest BCUT2D eigenvalue weighted by atomic mass is 9.76. The molecule has 12 N–H and O–H groups in total. The van der Waals surface area contributed by atoms with Crippen molar-refractivity contribution < 1.29 is 40.9 Å². The lowest BCUT2D eigenvalue weighted by Crippen LogP contribution is -2.30. The zero-order valence-electron chi connectivity index (χ0n) is 34.0. The highest BCUT2D eigenvalue weighted by Crippen LogP contribution is 2.47. The molecule has 312 valence electrons. The van der Waals surface area contributed by atoms with Gasteiger partial charge in [0, 0.05) is 76.2 Å². The third-order valence-electron chi connectivity index (χ3n) is 12.3. The molecule has 8 rings (SSSR count). The van der Waals surface area contributed by atoms with Crippen LogP contribution in [0.5, 0.6) is 46.0 Å². The van der Waals surface area contributed by atoms with Gasteiger partial charge in [-0.15, -0.1) is 0 Å². The van der Waals surface area contributed by atoms with Crippen molar-refractivity contribution in [3.05, 3.63) is 189 Å². The summed E-state index contributed by atoms with van der Waals surface area (Å²) in [7, 11) is 0. The number of phenols is 8. The van der Waals surface area contributed by atoms with Gasteiger partial charge in [0.1, 0.15) is 46.0 Å². The number of aromatic amines is 4. The van der Waals surface area contributed by atoms with Gasteiger partial charge in [-0.2, -0.15) is 0 Å². The van der Waals surface area contributed by atoms with Gasteiger partial charge in [0.25, 0.3) is 0 Å². The highest BCUT2D eigenvalue weighted by atomic mass is 16.3. The van der Waals surface area contributed by atoms with E-state index in [-0.39, 0.29) is 46.0 Å². The van der Waals surface area contributed by atoms with Crippen molar-refractivity contribution in [2.24, 2.45) is 0 Å². The fourth-order valence-electron chi connectivity index (χ4n) is 8.73. The molecule has 4 aromatic heterocycles. The Morgan fingerprint density at radius 3 is 0.918 bits per heavy atom. The Hall–Kier alpha value is -7.60. The third kappa shape index (κ3) is 7.15. The van der Waals surface area contributed by atoms with Crippen LogP contribution in [0.15, 0.2) is 121 Å². The molecule has 8 aromatic rings. The fourth-order valence-corrected chi connectivity index (χ4v) is 8.73. The molecule has 0 unspecified atom stereocenters. The van der Waals surface area contributed by atoms with E-state index in [0.29, 0.717) is 51.5 Å². The van der Waals surface area contributed by atoms with Crippen molar-refractivity contribution in [1.29, 1.82) is 0 Å². The van der Waals surface area contributed by atoms with E-state index in [1.807, 2.05) is 76.2 Å². The monoisotopic (exact) mass is 820 g/mol. The molecule has 4 heterocycles. The molecule has 12 nitrogen and oxygen atoms in total. The second-order valence-electron chi connectivity index (χ2n) is 16.3. The van der Waals surface area contributed by atoms with E-state index >= 15 is 0 Å². The molecule has 0 spiro atoms. The Bertz CT molecular complexity index is 2820. The second kappa shape index (κ2) is 14.9. The van der Waals surface area contributed by atoms with Crippen molar-refractivity contribution >= 4 is 0 Å². The number of aromatic nitrogens is 4. The molecule has 61 heavy (non-hydrogen) atoms. The van der Waals surface area contributed by atoms with E-state index in [1.165, 1.54) is 24.3 Å². The van der Waals surface area contributed by atoms with E-state index < -0.39 is 16.2 Å². The Kier molecular flexibility index (Phi) is 9.82. The lowest BCUT2D eigenvalue weighted by molar-refractivity contribution is 0.445.